The molecular formula is C16H30NO3P. The van der Waals surface area contributed by atoms with Gasteiger partial charge in [-0.1, -0.05) is 51.4 Å². The van der Waals surface area contributed by atoms with Gasteiger partial charge in [0.15, 0.2) is 0 Å². The lowest BCUT2D eigenvalue weighted by atomic mass is 10.1. The summed E-state index contributed by atoms with van der Waals surface area (Å²) in [6, 6.07) is 4.14. The zero-order valence-corrected chi connectivity index (χ0v) is 13.9. The molecule has 0 spiro atoms. The van der Waals surface area contributed by atoms with Crippen molar-refractivity contribution in [3.8, 4) is 0 Å². The Bertz CT molecular complexity index is 386. The van der Waals surface area contributed by atoms with E-state index in [2.05, 4.69) is 29.1 Å². The minimum atomic E-state index is -3.76. The van der Waals surface area contributed by atoms with E-state index < -0.39 is 7.60 Å². The lowest BCUT2D eigenvalue weighted by Crippen LogP contribution is -1.93. The van der Waals surface area contributed by atoms with Crippen LogP contribution in [0.1, 0.15) is 64.2 Å². The third-order valence-corrected chi connectivity index (χ3v) is 4.68. The van der Waals surface area contributed by atoms with E-state index in [1.165, 1.54) is 44.9 Å². The van der Waals surface area contributed by atoms with Crippen LogP contribution in [0.2, 0.25) is 0 Å². The van der Waals surface area contributed by atoms with Gasteiger partial charge in [0.05, 0.1) is 0 Å². The Morgan fingerprint density at radius 3 is 1.62 bits per heavy atom. The normalized spacial score (nSPS) is 11.9. The molecule has 0 saturated heterocycles. The Balaban J connectivity index is 1.75. The van der Waals surface area contributed by atoms with Crippen molar-refractivity contribution < 1.29 is 14.4 Å². The number of hydrogen-bond acceptors (Lipinski definition) is 1. The Morgan fingerprint density at radius 1 is 0.714 bits per heavy atom. The van der Waals surface area contributed by atoms with Crippen LogP contribution in [-0.4, -0.2) is 20.5 Å². The number of rotatable bonds is 13. The highest BCUT2D eigenvalue weighted by Gasteiger charge is 2.10. The molecule has 1 aromatic rings. The first-order chi connectivity index (χ1) is 10.1. The van der Waals surface area contributed by atoms with Crippen LogP contribution in [0.25, 0.3) is 0 Å². The number of aryl methyl sites for hydroxylation is 1. The van der Waals surface area contributed by atoms with Crippen molar-refractivity contribution in [2.75, 3.05) is 6.16 Å². The van der Waals surface area contributed by atoms with Crippen LogP contribution in [0.5, 0.6) is 0 Å². The molecule has 0 aliphatic heterocycles. The van der Waals surface area contributed by atoms with E-state index in [0.717, 1.165) is 19.4 Å². The molecule has 0 bridgehead atoms. The quantitative estimate of drug-likeness (QED) is 0.414. The van der Waals surface area contributed by atoms with Gasteiger partial charge in [0.1, 0.15) is 0 Å². The van der Waals surface area contributed by atoms with Gasteiger partial charge in [-0.05, 0) is 25.0 Å². The molecule has 5 heteroatoms. The van der Waals surface area contributed by atoms with Crippen LogP contribution >= 0.6 is 7.60 Å². The Hall–Kier alpha value is -0.570. The fourth-order valence-electron chi connectivity index (χ4n) is 2.55. The molecule has 122 valence electrons. The highest BCUT2D eigenvalue weighted by atomic mass is 31.2. The van der Waals surface area contributed by atoms with Gasteiger partial charge in [-0.2, -0.15) is 0 Å². The fraction of sp³-hybridized carbons (Fsp3) is 0.750. The Labute approximate surface area is 128 Å². The van der Waals surface area contributed by atoms with Crippen molar-refractivity contribution in [3.63, 3.8) is 0 Å². The maximum Gasteiger partial charge on any atom is 0.325 e. The van der Waals surface area contributed by atoms with Gasteiger partial charge < -0.3 is 14.4 Å². The monoisotopic (exact) mass is 315 g/mol. The largest absolute Gasteiger partial charge is 0.354 e. The molecule has 0 aliphatic carbocycles. The van der Waals surface area contributed by atoms with Gasteiger partial charge in [-0.15, -0.1) is 0 Å². The van der Waals surface area contributed by atoms with Gasteiger partial charge in [0.25, 0.3) is 0 Å². The number of hydrogen-bond donors (Lipinski definition) is 2. The van der Waals surface area contributed by atoms with E-state index in [1.807, 2.05) is 0 Å². The standard InChI is InChI=1S/C16H30NO3P/c18-21(19,20)16-12-8-6-4-2-1-3-5-7-9-13-17-14-10-11-15-17/h10-11,14-15H,1-9,12-13,16H2,(H2,18,19,20). The molecule has 0 saturated carbocycles. The molecule has 0 atom stereocenters. The minimum Gasteiger partial charge on any atom is -0.354 e. The SMILES string of the molecule is O=P(O)(O)CCCCCCCCCCCCn1cccc1. The molecule has 0 aliphatic rings. The van der Waals surface area contributed by atoms with E-state index in [-0.39, 0.29) is 6.16 Å². The molecule has 1 aromatic heterocycles. The predicted octanol–water partition coefficient (Wildman–Crippen LogP) is 4.57. The smallest absolute Gasteiger partial charge is 0.325 e. The molecule has 0 amide bonds. The molecule has 21 heavy (non-hydrogen) atoms. The summed E-state index contributed by atoms with van der Waals surface area (Å²) in [6.45, 7) is 1.13. The summed E-state index contributed by atoms with van der Waals surface area (Å²) in [7, 11) is -3.76. The second-order valence-corrected chi connectivity index (χ2v) is 7.62. The van der Waals surface area contributed by atoms with Gasteiger partial charge in [-0.25, -0.2) is 0 Å². The highest BCUT2D eigenvalue weighted by Crippen LogP contribution is 2.35. The Morgan fingerprint density at radius 2 is 1.14 bits per heavy atom. The third kappa shape index (κ3) is 11.7. The van der Waals surface area contributed by atoms with E-state index >= 15 is 0 Å². The fourth-order valence-corrected chi connectivity index (χ4v) is 3.18. The first-order valence-corrected chi connectivity index (χ1v) is 10.0. The highest BCUT2D eigenvalue weighted by molar-refractivity contribution is 7.51. The zero-order valence-electron chi connectivity index (χ0n) is 13.0. The summed E-state index contributed by atoms with van der Waals surface area (Å²) < 4.78 is 12.9. The van der Waals surface area contributed by atoms with Crippen molar-refractivity contribution in [1.82, 2.24) is 4.57 Å². The van der Waals surface area contributed by atoms with Crippen LogP contribution in [0.15, 0.2) is 24.5 Å². The average Bonchev–Trinajstić information content (AvgIpc) is 2.92. The second-order valence-electron chi connectivity index (χ2n) is 5.84. The van der Waals surface area contributed by atoms with Gasteiger partial charge in [0, 0.05) is 25.1 Å². The first-order valence-electron chi connectivity index (χ1n) is 8.23. The van der Waals surface area contributed by atoms with E-state index in [4.69, 9.17) is 9.79 Å². The number of unbranched alkanes of at least 4 members (excludes halogenated alkanes) is 9. The summed E-state index contributed by atoms with van der Waals surface area (Å²) in [5, 5.41) is 0. The summed E-state index contributed by atoms with van der Waals surface area (Å²) >= 11 is 0. The predicted molar refractivity (Wildman–Crippen MR) is 87.5 cm³/mol. The maximum atomic E-state index is 10.7. The Kier molecular flexibility index (Phi) is 9.73. The van der Waals surface area contributed by atoms with Crippen molar-refractivity contribution in [2.45, 2.75) is 70.8 Å². The molecule has 0 aromatic carbocycles. The summed E-state index contributed by atoms with van der Waals surface area (Å²) in [4.78, 5) is 17.5. The van der Waals surface area contributed by atoms with Crippen LogP contribution in [0.3, 0.4) is 0 Å². The molecule has 0 radical (unpaired) electrons. The van der Waals surface area contributed by atoms with Crippen LogP contribution in [0.4, 0.5) is 0 Å². The lowest BCUT2D eigenvalue weighted by Gasteiger charge is -2.05. The lowest BCUT2D eigenvalue weighted by molar-refractivity contribution is 0.370. The average molecular weight is 315 g/mol. The van der Waals surface area contributed by atoms with Crippen LogP contribution in [-0.2, 0) is 11.1 Å². The van der Waals surface area contributed by atoms with Crippen LogP contribution < -0.4 is 0 Å². The molecule has 1 rings (SSSR count). The van der Waals surface area contributed by atoms with E-state index in [9.17, 15) is 4.57 Å². The summed E-state index contributed by atoms with van der Waals surface area (Å²) in [5.41, 5.74) is 0. The topological polar surface area (TPSA) is 62.5 Å². The zero-order chi connectivity index (χ0) is 15.4. The first kappa shape index (κ1) is 18.5. The second kappa shape index (κ2) is 11.1. The number of aromatic nitrogens is 1. The molecular weight excluding hydrogens is 285 g/mol. The molecule has 1 heterocycles. The number of nitrogens with zero attached hydrogens (tertiary/aromatic N) is 1. The summed E-state index contributed by atoms with van der Waals surface area (Å²) in [6.07, 6.45) is 15.9. The van der Waals surface area contributed by atoms with E-state index in [0.29, 0.717) is 6.42 Å². The van der Waals surface area contributed by atoms with Gasteiger partial charge in [0.2, 0.25) is 0 Å². The molecule has 4 nitrogen and oxygen atoms in total. The van der Waals surface area contributed by atoms with Crippen molar-refractivity contribution in [2.24, 2.45) is 0 Å². The van der Waals surface area contributed by atoms with Gasteiger partial charge >= 0.3 is 7.60 Å². The summed E-state index contributed by atoms with van der Waals surface area (Å²) in [5.74, 6) is 0. The van der Waals surface area contributed by atoms with Crippen molar-refractivity contribution >= 4 is 7.60 Å². The maximum absolute atomic E-state index is 10.7. The van der Waals surface area contributed by atoms with E-state index in [1.54, 1.807) is 0 Å². The molecule has 0 unspecified atom stereocenters. The molecule has 2 N–H and O–H groups in total. The van der Waals surface area contributed by atoms with Gasteiger partial charge in [-0.3, -0.25) is 4.57 Å². The third-order valence-electron chi connectivity index (χ3n) is 3.78. The molecule has 0 fully saturated rings. The van der Waals surface area contributed by atoms with Crippen LogP contribution in [0, 0.1) is 0 Å². The minimum absolute atomic E-state index is 0.0500. The van der Waals surface area contributed by atoms with Crippen molar-refractivity contribution in [3.05, 3.63) is 24.5 Å². The van der Waals surface area contributed by atoms with Crippen molar-refractivity contribution in [1.29, 1.82) is 0 Å².